The predicted molar refractivity (Wildman–Crippen MR) is 47.5 cm³/mol. The molecule has 0 bridgehead atoms. The minimum Gasteiger partial charge on any atom is -0.211 e. The zero-order valence-corrected chi connectivity index (χ0v) is 7.84. The molecule has 2 nitrogen and oxygen atoms in total. The molecule has 0 aromatic heterocycles. The van der Waals surface area contributed by atoms with E-state index in [1.807, 2.05) is 0 Å². The van der Waals surface area contributed by atoms with Gasteiger partial charge in [-0.2, -0.15) is 4.99 Å². The van der Waals surface area contributed by atoms with Gasteiger partial charge in [0.2, 0.25) is 6.08 Å². The quantitative estimate of drug-likeness (QED) is 0.529. The fourth-order valence-corrected chi connectivity index (χ4v) is 1.14. The van der Waals surface area contributed by atoms with Gasteiger partial charge in [0.15, 0.2) is 0 Å². The molecule has 0 saturated carbocycles. The van der Waals surface area contributed by atoms with E-state index in [2.05, 4.69) is 4.99 Å². The second kappa shape index (κ2) is 3.68. The molecule has 14 heavy (non-hydrogen) atoms. The Balaban J connectivity index is 3.30. The highest BCUT2D eigenvalue weighted by molar-refractivity contribution is 5.37. The Kier molecular flexibility index (Phi) is 2.77. The van der Waals surface area contributed by atoms with Gasteiger partial charge in [0, 0.05) is 5.56 Å². The summed E-state index contributed by atoms with van der Waals surface area (Å²) >= 11 is 0. The summed E-state index contributed by atoms with van der Waals surface area (Å²) in [5, 5.41) is 0. The highest BCUT2D eigenvalue weighted by Crippen LogP contribution is 2.27. The molecule has 1 rings (SSSR count). The third kappa shape index (κ3) is 2.03. The number of halogens is 2. The lowest BCUT2D eigenvalue weighted by Gasteiger charge is -2.18. The summed E-state index contributed by atoms with van der Waals surface area (Å²) in [5.74, 6) is -1.15. The smallest absolute Gasteiger partial charge is 0.211 e. The van der Waals surface area contributed by atoms with Crippen molar-refractivity contribution < 1.29 is 13.6 Å². The third-order valence-electron chi connectivity index (χ3n) is 1.91. The highest BCUT2D eigenvalue weighted by Gasteiger charge is 2.23. The molecule has 4 heteroatoms. The van der Waals surface area contributed by atoms with Crippen LogP contribution in [0.5, 0.6) is 0 Å². The van der Waals surface area contributed by atoms with Crippen LogP contribution in [0.25, 0.3) is 0 Å². The first-order chi connectivity index (χ1) is 6.47. The van der Waals surface area contributed by atoms with Crippen LogP contribution in [0.15, 0.2) is 23.2 Å². The summed E-state index contributed by atoms with van der Waals surface area (Å²) < 4.78 is 26.0. The Labute approximate surface area is 80.3 Å². The zero-order chi connectivity index (χ0) is 10.8. The van der Waals surface area contributed by atoms with Crippen LogP contribution >= 0.6 is 0 Å². The van der Waals surface area contributed by atoms with Gasteiger partial charge in [-0.1, -0.05) is 0 Å². The molecular weight excluding hydrogens is 188 g/mol. The Hall–Kier alpha value is -1.54. The monoisotopic (exact) mass is 197 g/mol. The van der Waals surface area contributed by atoms with Crippen molar-refractivity contribution in [3.05, 3.63) is 35.4 Å². The van der Waals surface area contributed by atoms with Crippen LogP contribution in [0.4, 0.5) is 8.78 Å². The van der Waals surface area contributed by atoms with E-state index in [0.717, 1.165) is 18.2 Å². The van der Waals surface area contributed by atoms with Crippen molar-refractivity contribution in [3.8, 4) is 0 Å². The van der Waals surface area contributed by atoms with Gasteiger partial charge in [0.05, 0.1) is 5.54 Å². The maximum atomic E-state index is 13.2. The Morgan fingerprint density at radius 3 is 2.57 bits per heavy atom. The SMILES string of the molecule is CC(C)(N=C=O)c1cc(F)ccc1F. The van der Waals surface area contributed by atoms with Crippen LogP contribution in [0.1, 0.15) is 19.4 Å². The fourth-order valence-electron chi connectivity index (χ4n) is 1.14. The van der Waals surface area contributed by atoms with Crippen molar-refractivity contribution in [3.63, 3.8) is 0 Å². The Morgan fingerprint density at radius 2 is 2.00 bits per heavy atom. The molecule has 0 unspecified atom stereocenters. The summed E-state index contributed by atoms with van der Waals surface area (Å²) in [7, 11) is 0. The van der Waals surface area contributed by atoms with Gasteiger partial charge in [0.25, 0.3) is 0 Å². The maximum absolute atomic E-state index is 13.2. The van der Waals surface area contributed by atoms with Gasteiger partial charge in [-0.05, 0) is 32.0 Å². The lowest BCUT2D eigenvalue weighted by molar-refractivity contribution is 0.485. The number of aliphatic imine (C=N–C) groups is 1. The standard InChI is InChI=1S/C10H9F2NO/c1-10(2,13-6-14)8-5-7(11)3-4-9(8)12/h3-5H,1-2H3. The van der Waals surface area contributed by atoms with Crippen LogP contribution in [0.2, 0.25) is 0 Å². The van der Waals surface area contributed by atoms with Crippen LogP contribution in [-0.2, 0) is 10.3 Å². The molecule has 0 heterocycles. The van der Waals surface area contributed by atoms with Gasteiger partial charge in [0.1, 0.15) is 11.6 Å². The Bertz CT molecular complexity index is 395. The van der Waals surface area contributed by atoms with Crippen molar-refractivity contribution in [2.45, 2.75) is 19.4 Å². The van der Waals surface area contributed by atoms with E-state index in [4.69, 9.17) is 0 Å². The second-order valence-corrected chi connectivity index (χ2v) is 3.39. The van der Waals surface area contributed by atoms with Crippen LogP contribution in [0, 0.1) is 11.6 Å². The third-order valence-corrected chi connectivity index (χ3v) is 1.91. The van der Waals surface area contributed by atoms with Crippen molar-refractivity contribution in [1.29, 1.82) is 0 Å². The first-order valence-electron chi connectivity index (χ1n) is 4.02. The maximum Gasteiger partial charge on any atom is 0.235 e. The molecule has 0 amide bonds. The molecule has 0 aliphatic heterocycles. The minimum absolute atomic E-state index is 0.0425. The van der Waals surface area contributed by atoms with Gasteiger partial charge in [-0.3, -0.25) is 0 Å². The lowest BCUT2D eigenvalue weighted by atomic mass is 9.94. The number of isocyanates is 1. The summed E-state index contributed by atoms with van der Waals surface area (Å²) in [6.45, 7) is 3.02. The number of rotatable bonds is 2. The van der Waals surface area contributed by atoms with Crippen molar-refractivity contribution >= 4 is 6.08 Å². The first kappa shape index (κ1) is 10.5. The van der Waals surface area contributed by atoms with Gasteiger partial charge in [-0.25, -0.2) is 13.6 Å². The van der Waals surface area contributed by atoms with E-state index in [-0.39, 0.29) is 5.56 Å². The molecular formula is C10H9F2NO. The second-order valence-electron chi connectivity index (χ2n) is 3.39. The normalized spacial score (nSPS) is 10.9. The van der Waals surface area contributed by atoms with Crippen LogP contribution < -0.4 is 0 Å². The Morgan fingerprint density at radius 1 is 1.36 bits per heavy atom. The van der Waals surface area contributed by atoms with Crippen LogP contribution in [0.3, 0.4) is 0 Å². The summed E-state index contributed by atoms with van der Waals surface area (Å²) in [5.41, 5.74) is -1.05. The first-order valence-corrected chi connectivity index (χ1v) is 4.02. The molecule has 0 spiro atoms. The van der Waals surface area contributed by atoms with Crippen LogP contribution in [-0.4, -0.2) is 6.08 Å². The molecule has 0 aliphatic rings. The van der Waals surface area contributed by atoms with E-state index in [9.17, 15) is 13.6 Å². The van der Waals surface area contributed by atoms with Gasteiger partial charge in [-0.15, -0.1) is 0 Å². The molecule has 0 radical (unpaired) electrons. The number of hydrogen-bond donors (Lipinski definition) is 0. The molecule has 0 N–H and O–H groups in total. The number of benzene rings is 1. The molecule has 1 aromatic carbocycles. The summed E-state index contributed by atoms with van der Waals surface area (Å²) in [6.07, 6.45) is 1.34. The fraction of sp³-hybridized carbons (Fsp3) is 0.300. The highest BCUT2D eigenvalue weighted by atomic mass is 19.1. The largest absolute Gasteiger partial charge is 0.235 e. The van der Waals surface area contributed by atoms with Crippen molar-refractivity contribution in [2.24, 2.45) is 4.99 Å². The number of hydrogen-bond acceptors (Lipinski definition) is 2. The molecule has 0 saturated heterocycles. The number of nitrogens with zero attached hydrogens (tertiary/aromatic N) is 1. The molecule has 0 aliphatic carbocycles. The molecule has 0 atom stereocenters. The molecule has 1 aromatic rings. The van der Waals surface area contributed by atoms with Crippen molar-refractivity contribution in [1.82, 2.24) is 0 Å². The minimum atomic E-state index is -1.09. The van der Waals surface area contributed by atoms with Crippen molar-refractivity contribution in [2.75, 3.05) is 0 Å². The predicted octanol–water partition coefficient (Wildman–Crippen LogP) is 2.54. The molecule has 0 fully saturated rings. The van der Waals surface area contributed by atoms with E-state index in [0.29, 0.717) is 0 Å². The van der Waals surface area contributed by atoms with E-state index in [1.54, 1.807) is 0 Å². The van der Waals surface area contributed by atoms with E-state index >= 15 is 0 Å². The topological polar surface area (TPSA) is 29.4 Å². The summed E-state index contributed by atoms with van der Waals surface area (Å²) in [6, 6.07) is 3.04. The van der Waals surface area contributed by atoms with E-state index in [1.165, 1.54) is 19.9 Å². The summed E-state index contributed by atoms with van der Waals surface area (Å²) in [4.78, 5) is 13.5. The number of carbonyl (C=O) groups excluding carboxylic acids is 1. The van der Waals surface area contributed by atoms with E-state index < -0.39 is 17.2 Å². The molecule has 74 valence electrons. The zero-order valence-electron chi connectivity index (χ0n) is 7.84. The lowest BCUT2D eigenvalue weighted by Crippen LogP contribution is -2.15. The average Bonchev–Trinajstić information content (AvgIpc) is 2.09. The average molecular weight is 197 g/mol. The van der Waals surface area contributed by atoms with Gasteiger partial charge >= 0.3 is 0 Å². The van der Waals surface area contributed by atoms with Gasteiger partial charge < -0.3 is 0 Å².